The highest BCUT2D eigenvalue weighted by Crippen LogP contribution is 2.26. The molecule has 0 saturated carbocycles. The van der Waals surface area contributed by atoms with Crippen LogP contribution in [0.5, 0.6) is 0 Å². The van der Waals surface area contributed by atoms with E-state index in [-0.39, 0.29) is 11.1 Å². The molecule has 0 spiro atoms. The van der Waals surface area contributed by atoms with Gasteiger partial charge in [-0.25, -0.2) is 0 Å². The van der Waals surface area contributed by atoms with Gasteiger partial charge in [-0.2, -0.15) is 0 Å². The first-order valence-corrected chi connectivity index (χ1v) is 8.03. The number of amides is 1. The van der Waals surface area contributed by atoms with Gasteiger partial charge in [-0.3, -0.25) is 10.2 Å². The van der Waals surface area contributed by atoms with E-state index < -0.39 is 5.91 Å². The van der Waals surface area contributed by atoms with Crippen LogP contribution in [0.3, 0.4) is 0 Å². The van der Waals surface area contributed by atoms with Gasteiger partial charge in [-0.15, -0.1) is 0 Å². The van der Waals surface area contributed by atoms with Crippen molar-refractivity contribution in [3.63, 3.8) is 0 Å². The van der Waals surface area contributed by atoms with Crippen molar-refractivity contribution in [1.82, 2.24) is 0 Å². The molecule has 1 aromatic heterocycles. The van der Waals surface area contributed by atoms with Crippen molar-refractivity contribution in [3.8, 4) is 0 Å². The molecule has 7 heteroatoms. The van der Waals surface area contributed by atoms with Crippen molar-refractivity contribution < 1.29 is 9.21 Å². The molecule has 0 atom stereocenters. The third kappa shape index (κ3) is 3.42. The van der Waals surface area contributed by atoms with Crippen LogP contribution in [0.1, 0.15) is 10.4 Å². The van der Waals surface area contributed by atoms with E-state index in [2.05, 4.69) is 21.2 Å². The summed E-state index contributed by atoms with van der Waals surface area (Å²) in [6.45, 7) is 0. The predicted molar refractivity (Wildman–Crippen MR) is 94.2 cm³/mol. The molecule has 0 unspecified atom stereocenters. The maximum absolute atomic E-state index is 12.4. The molecule has 116 valence electrons. The number of rotatable bonds is 2. The van der Waals surface area contributed by atoms with E-state index in [9.17, 15) is 4.79 Å². The summed E-state index contributed by atoms with van der Waals surface area (Å²) in [5, 5.41) is 12.1. The lowest BCUT2D eigenvalue weighted by Gasteiger charge is -2.08. The molecule has 0 aliphatic rings. The van der Waals surface area contributed by atoms with E-state index in [1.807, 2.05) is 0 Å². The lowest BCUT2D eigenvalue weighted by molar-refractivity contribution is 0.102. The minimum Gasteiger partial charge on any atom is -0.438 e. The van der Waals surface area contributed by atoms with Gasteiger partial charge in [0.05, 0.1) is 10.7 Å². The first-order valence-electron chi connectivity index (χ1n) is 6.48. The standard InChI is InChI=1S/C16H9BrCl2N2O2/c17-9-1-4-14-8(5-9)6-11(15(20)23-14)16(22)21-13-7-10(18)2-3-12(13)19/h1-7,20H,(H,21,22). The molecular weight excluding hydrogens is 403 g/mol. The number of carbonyl (C=O) groups is 1. The van der Waals surface area contributed by atoms with Crippen molar-refractivity contribution in [2.45, 2.75) is 0 Å². The second kappa shape index (κ2) is 6.35. The van der Waals surface area contributed by atoms with Gasteiger partial charge >= 0.3 is 0 Å². The smallest absolute Gasteiger partial charge is 0.261 e. The highest BCUT2D eigenvalue weighted by molar-refractivity contribution is 9.10. The third-order valence-corrected chi connectivity index (χ3v) is 4.21. The number of carbonyl (C=O) groups excluding carboxylic acids is 1. The zero-order valence-corrected chi connectivity index (χ0v) is 14.6. The van der Waals surface area contributed by atoms with Crippen LogP contribution in [0.15, 0.2) is 51.4 Å². The van der Waals surface area contributed by atoms with E-state index in [0.717, 1.165) is 4.47 Å². The third-order valence-electron chi connectivity index (χ3n) is 3.15. The Morgan fingerprint density at radius 2 is 1.91 bits per heavy atom. The highest BCUT2D eigenvalue weighted by atomic mass is 79.9. The summed E-state index contributed by atoms with van der Waals surface area (Å²) in [4.78, 5) is 12.4. The first kappa shape index (κ1) is 16.1. The van der Waals surface area contributed by atoms with Gasteiger partial charge in [-0.1, -0.05) is 39.1 Å². The molecule has 0 aliphatic heterocycles. The van der Waals surface area contributed by atoms with E-state index >= 15 is 0 Å². The molecular formula is C16H9BrCl2N2O2. The second-order valence-corrected chi connectivity index (χ2v) is 6.51. The van der Waals surface area contributed by atoms with E-state index in [1.54, 1.807) is 42.5 Å². The molecule has 0 radical (unpaired) electrons. The molecule has 4 nitrogen and oxygen atoms in total. The van der Waals surface area contributed by atoms with Gasteiger partial charge in [0, 0.05) is 14.9 Å². The summed E-state index contributed by atoms with van der Waals surface area (Å²) in [7, 11) is 0. The Hall–Kier alpha value is -1.82. The number of hydrogen-bond donors (Lipinski definition) is 2. The summed E-state index contributed by atoms with van der Waals surface area (Å²) in [6, 6.07) is 11.7. The largest absolute Gasteiger partial charge is 0.438 e. The Labute approximate surface area is 149 Å². The number of anilines is 1. The van der Waals surface area contributed by atoms with E-state index in [0.29, 0.717) is 26.7 Å². The second-order valence-electron chi connectivity index (χ2n) is 4.75. The Kier molecular flexibility index (Phi) is 4.43. The molecule has 1 amide bonds. The van der Waals surface area contributed by atoms with E-state index in [1.165, 1.54) is 0 Å². The number of nitrogens with one attached hydrogen (secondary N) is 2. The number of hydrogen-bond acceptors (Lipinski definition) is 3. The monoisotopic (exact) mass is 410 g/mol. The van der Waals surface area contributed by atoms with Crippen LogP contribution in [0.2, 0.25) is 10.0 Å². The Morgan fingerprint density at radius 3 is 2.70 bits per heavy atom. The minimum absolute atomic E-state index is 0.103. The van der Waals surface area contributed by atoms with Gasteiger partial charge in [-0.05, 0) is 42.5 Å². The zero-order chi connectivity index (χ0) is 16.6. The SMILES string of the molecule is N=c1oc2ccc(Br)cc2cc1C(=O)Nc1cc(Cl)ccc1Cl. The van der Waals surface area contributed by atoms with Crippen molar-refractivity contribution >= 4 is 61.7 Å². The van der Waals surface area contributed by atoms with Crippen LogP contribution >= 0.6 is 39.1 Å². The van der Waals surface area contributed by atoms with Crippen molar-refractivity contribution in [2.24, 2.45) is 0 Å². The summed E-state index contributed by atoms with van der Waals surface area (Å²) in [6.07, 6.45) is 0. The average Bonchev–Trinajstić information content (AvgIpc) is 2.50. The Bertz CT molecular complexity index is 985. The first-order chi connectivity index (χ1) is 10.9. The highest BCUT2D eigenvalue weighted by Gasteiger charge is 2.14. The molecule has 3 aromatic rings. The summed E-state index contributed by atoms with van der Waals surface area (Å²) < 4.78 is 6.24. The van der Waals surface area contributed by atoms with E-state index in [4.69, 9.17) is 33.0 Å². The fraction of sp³-hybridized carbons (Fsp3) is 0. The molecule has 2 N–H and O–H groups in total. The molecule has 0 saturated heterocycles. The lowest BCUT2D eigenvalue weighted by Crippen LogP contribution is -2.21. The van der Waals surface area contributed by atoms with Gasteiger partial charge < -0.3 is 9.73 Å². The van der Waals surface area contributed by atoms with Gasteiger partial charge in [0.2, 0.25) is 5.55 Å². The number of halogens is 3. The Morgan fingerprint density at radius 1 is 1.13 bits per heavy atom. The van der Waals surface area contributed by atoms with Gasteiger partial charge in [0.15, 0.2) is 0 Å². The quantitative estimate of drug-likeness (QED) is 0.605. The number of benzene rings is 2. The van der Waals surface area contributed by atoms with Crippen molar-refractivity contribution in [1.29, 1.82) is 5.41 Å². The minimum atomic E-state index is -0.496. The maximum atomic E-state index is 12.4. The number of fused-ring (bicyclic) bond motifs is 1. The fourth-order valence-electron chi connectivity index (χ4n) is 2.06. The zero-order valence-electron chi connectivity index (χ0n) is 11.5. The summed E-state index contributed by atoms with van der Waals surface area (Å²) in [5.41, 5.74) is 0.774. The van der Waals surface area contributed by atoms with Crippen LogP contribution in [0.4, 0.5) is 5.69 Å². The summed E-state index contributed by atoms with van der Waals surface area (Å²) in [5.74, 6) is -0.496. The summed E-state index contributed by atoms with van der Waals surface area (Å²) >= 11 is 15.3. The van der Waals surface area contributed by atoms with Crippen LogP contribution in [0.25, 0.3) is 11.0 Å². The van der Waals surface area contributed by atoms with Crippen LogP contribution in [-0.2, 0) is 0 Å². The van der Waals surface area contributed by atoms with Gasteiger partial charge in [0.1, 0.15) is 11.1 Å². The van der Waals surface area contributed by atoms with Crippen LogP contribution < -0.4 is 10.9 Å². The lowest BCUT2D eigenvalue weighted by atomic mass is 10.1. The molecule has 23 heavy (non-hydrogen) atoms. The van der Waals surface area contributed by atoms with Gasteiger partial charge in [0.25, 0.3) is 5.91 Å². The van der Waals surface area contributed by atoms with Crippen molar-refractivity contribution in [2.75, 3.05) is 5.32 Å². The normalized spacial score (nSPS) is 10.7. The van der Waals surface area contributed by atoms with Crippen LogP contribution in [0, 0.1) is 5.41 Å². The molecule has 3 rings (SSSR count). The average molecular weight is 412 g/mol. The molecule has 2 aromatic carbocycles. The maximum Gasteiger partial charge on any atom is 0.261 e. The topological polar surface area (TPSA) is 66.1 Å². The van der Waals surface area contributed by atoms with Crippen molar-refractivity contribution in [3.05, 3.63) is 68.1 Å². The molecule has 1 heterocycles. The fourth-order valence-corrected chi connectivity index (χ4v) is 2.78. The van der Waals surface area contributed by atoms with Crippen LogP contribution in [-0.4, -0.2) is 5.91 Å². The predicted octanol–water partition coefficient (Wildman–Crippen LogP) is 5.23. The molecule has 0 aliphatic carbocycles. The molecule has 0 bridgehead atoms. The molecule has 0 fully saturated rings. The Balaban J connectivity index is 2.02.